The maximum atomic E-state index is 12.3. The van der Waals surface area contributed by atoms with Gasteiger partial charge in [-0.15, -0.1) is 0 Å². The van der Waals surface area contributed by atoms with Crippen LogP contribution in [0.5, 0.6) is 0 Å². The predicted molar refractivity (Wildman–Crippen MR) is 82.2 cm³/mol. The molecule has 1 aliphatic carbocycles. The van der Waals surface area contributed by atoms with Crippen LogP contribution in [0, 0.1) is 0 Å². The van der Waals surface area contributed by atoms with Crippen LogP contribution in [0.3, 0.4) is 0 Å². The van der Waals surface area contributed by atoms with Crippen LogP contribution in [0.15, 0.2) is 42.5 Å². The van der Waals surface area contributed by atoms with Gasteiger partial charge in [-0.1, -0.05) is 30.3 Å². The Bertz CT molecular complexity index is 592. The minimum atomic E-state index is -1.05. The van der Waals surface area contributed by atoms with Crippen molar-refractivity contribution in [3.8, 4) is 0 Å². The van der Waals surface area contributed by atoms with Gasteiger partial charge in [-0.2, -0.15) is 0 Å². The van der Waals surface area contributed by atoms with Crippen LogP contribution in [0.1, 0.15) is 31.4 Å². The molecule has 1 fully saturated rings. The van der Waals surface area contributed by atoms with Crippen LogP contribution in [-0.4, -0.2) is 30.5 Å². The molecule has 23 heavy (non-hydrogen) atoms. The highest BCUT2D eigenvalue weighted by Crippen LogP contribution is 2.23. The summed E-state index contributed by atoms with van der Waals surface area (Å²) < 4.78 is 9.89. The molecular formula is C17H19NO5. The fourth-order valence-electron chi connectivity index (χ4n) is 1.89. The highest BCUT2D eigenvalue weighted by molar-refractivity contribution is 5.93. The van der Waals surface area contributed by atoms with Gasteiger partial charge in [-0.25, -0.2) is 9.59 Å². The second-order valence-electron chi connectivity index (χ2n) is 5.10. The third-order valence-corrected chi connectivity index (χ3v) is 3.14. The normalized spacial score (nSPS) is 15.0. The number of hydrogen-bond acceptors (Lipinski definition) is 5. The van der Waals surface area contributed by atoms with E-state index in [-0.39, 0.29) is 18.6 Å². The number of hydrogen-bond donors (Lipinski definition) is 1. The number of benzene rings is 1. The number of esters is 2. The lowest BCUT2D eigenvalue weighted by Gasteiger charge is -2.17. The molecule has 0 aliphatic heterocycles. The minimum Gasteiger partial charge on any atom is -0.463 e. The Balaban J connectivity index is 2.03. The van der Waals surface area contributed by atoms with E-state index in [2.05, 4.69) is 10.1 Å². The molecule has 0 radical (unpaired) electrons. The van der Waals surface area contributed by atoms with Crippen LogP contribution in [0.4, 0.5) is 0 Å². The van der Waals surface area contributed by atoms with E-state index in [1.807, 2.05) is 6.07 Å². The maximum Gasteiger partial charge on any atom is 0.332 e. The smallest absolute Gasteiger partial charge is 0.332 e. The van der Waals surface area contributed by atoms with Crippen LogP contribution in [-0.2, 0) is 23.9 Å². The average molecular weight is 317 g/mol. The van der Waals surface area contributed by atoms with Crippen LogP contribution in [0.25, 0.3) is 0 Å². The lowest BCUT2D eigenvalue weighted by atomic mass is 10.1. The first-order chi connectivity index (χ1) is 11.1. The third-order valence-electron chi connectivity index (χ3n) is 3.14. The van der Waals surface area contributed by atoms with E-state index in [9.17, 15) is 14.4 Å². The molecular weight excluding hydrogens is 298 g/mol. The van der Waals surface area contributed by atoms with E-state index < -0.39 is 18.0 Å². The number of carbonyl (C=O) groups is 3. The number of amides is 1. The molecule has 0 bridgehead atoms. The second kappa shape index (κ2) is 8.12. The summed E-state index contributed by atoms with van der Waals surface area (Å²) in [5, 5.41) is 2.81. The summed E-state index contributed by atoms with van der Waals surface area (Å²) >= 11 is 0. The summed E-state index contributed by atoms with van der Waals surface area (Å²) in [6.07, 6.45) is 2.76. The highest BCUT2D eigenvalue weighted by atomic mass is 16.5. The lowest BCUT2D eigenvalue weighted by molar-refractivity contribution is -0.152. The Morgan fingerprint density at radius 2 is 1.83 bits per heavy atom. The van der Waals surface area contributed by atoms with E-state index in [1.54, 1.807) is 31.2 Å². The van der Waals surface area contributed by atoms with Crippen molar-refractivity contribution in [3.63, 3.8) is 0 Å². The van der Waals surface area contributed by atoms with Gasteiger partial charge in [0, 0.05) is 23.8 Å². The Kier molecular flexibility index (Phi) is 5.91. The number of carbonyl (C=O) groups excluding carboxylic acids is 3. The molecule has 1 saturated carbocycles. The van der Waals surface area contributed by atoms with E-state index in [4.69, 9.17) is 4.74 Å². The molecule has 0 unspecified atom stereocenters. The summed E-state index contributed by atoms with van der Waals surface area (Å²) in [6, 6.07) is 8.90. The first-order valence-electron chi connectivity index (χ1n) is 7.51. The zero-order valence-corrected chi connectivity index (χ0v) is 12.9. The average Bonchev–Trinajstić information content (AvgIpc) is 3.35. The quantitative estimate of drug-likeness (QED) is 0.611. The van der Waals surface area contributed by atoms with Crippen LogP contribution < -0.4 is 5.32 Å². The summed E-state index contributed by atoms with van der Waals surface area (Å²) in [4.78, 5) is 35.3. The predicted octanol–water partition coefficient (Wildman–Crippen LogP) is 1.67. The first-order valence-corrected chi connectivity index (χ1v) is 7.51. The third kappa shape index (κ3) is 5.58. The van der Waals surface area contributed by atoms with Crippen molar-refractivity contribution in [1.29, 1.82) is 0 Å². The van der Waals surface area contributed by atoms with Crippen molar-refractivity contribution in [2.45, 2.75) is 31.9 Å². The summed E-state index contributed by atoms with van der Waals surface area (Å²) in [6.45, 7) is 1.88. The molecule has 2 rings (SSSR count). The SMILES string of the molecule is CCOC(=O)/C=C/C(=O)O[C@H](C(=O)NC1CC1)c1ccccc1. The fraction of sp³-hybridized carbons (Fsp3) is 0.353. The molecule has 1 aliphatic rings. The molecule has 1 aromatic rings. The standard InChI is InChI=1S/C17H19NO5/c1-2-22-14(19)10-11-15(20)23-16(12-6-4-3-5-7-12)17(21)18-13-8-9-13/h3-7,10-11,13,16H,2,8-9H2,1H3,(H,18,21)/b11-10+/t16-/m0/s1. The second-order valence-corrected chi connectivity index (χ2v) is 5.10. The molecule has 0 spiro atoms. The Morgan fingerprint density at radius 1 is 1.17 bits per heavy atom. The Labute approximate surface area is 134 Å². The van der Waals surface area contributed by atoms with Gasteiger partial charge in [0.2, 0.25) is 6.10 Å². The number of nitrogens with one attached hydrogen (secondary N) is 1. The molecule has 0 heterocycles. The topological polar surface area (TPSA) is 81.7 Å². The van der Waals surface area contributed by atoms with Gasteiger partial charge in [0.25, 0.3) is 5.91 Å². The van der Waals surface area contributed by atoms with Gasteiger partial charge in [-0.05, 0) is 19.8 Å². The van der Waals surface area contributed by atoms with Crippen molar-refractivity contribution in [1.82, 2.24) is 5.32 Å². The zero-order valence-electron chi connectivity index (χ0n) is 12.9. The molecule has 1 N–H and O–H groups in total. The zero-order chi connectivity index (χ0) is 16.7. The van der Waals surface area contributed by atoms with Crippen molar-refractivity contribution >= 4 is 17.8 Å². The Morgan fingerprint density at radius 3 is 2.43 bits per heavy atom. The van der Waals surface area contributed by atoms with Gasteiger partial charge < -0.3 is 14.8 Å². The van der Waals surface area contributed by atoms with Gasteiger partial charge in [0.05, 0.1) is 6.61 Å². The molecule has 1 amide bonds. The summed E-state index contributed by atoms with van der Waals surface area (Å²) in [7, 11) is 0. The number of rotatable bonds is 7. The van der Waals surface area contributed by atoms with E-state index in [1.165, 1.54) is 0 Å². The fourth-order valence-corrected chi connectivity index (χ4v) is 1.89. The molecule has 0 saturated heterocycles. The van der Waals surface area contributed by atoms with E-state index in [0.717, 1.165) is 25.0 Å². The van der Waals surface area contributed by atoms with Crippen molar-refractivity contribution < 1.29 is 23.9 Å². The van der Waals surface area contributed by atoms with E-state index >= 15 is 0 Å². The van der Waals surface area contributed by atoms with E-state index in [0.29, 0.717) is 5.56 Å². The number of ether oxygens (including phenoxy) is 2. The molecule has 6 heteroatoms. The molecule has 6 nitrogen and oxygen atoms in total. The van der Waals surface area contributed by atoms with Crippen molar-refractivity contribution in [3.05, 3.63) is 48.0 Å². The summed E-state index contributed by atoms with van der Waals surface area (Å²) in [5.41, 5.74) is 0.573. The van der Waals surface area contributed by atoms with Crippen LogP contribution >= 0.6 is 0 Å². The molecule has 1 atom stereocenters. The monoisotopic (exact) mass is 317 g/mol. The molecule has 1 aromatic carbocycles. The summed E-state index contributed by atoms with van der Waals surface area (Å²) in [5.74, 6) is -1.78. The first kappa shape index (κ1) is 16.7. The van der Waals surface area contributed by atoms with Gasteiger partial charge >= 0.3 is 11.9 Å². The van der Waals surface area contributed by atoms with Crippen molar-refractivity contribution in [2.75, 3.05) is 6.61 Å². The van der Waals surface area contributed by atoms with Gasteiger partial charge in [-0.3, -0.25) is 4.79 Å². The minimum absolute atomic E-state index is 0.155. The molecule has 122 valence electrons. The van der Waals surface area contributed by atoms with Gasteiger partial charge in [0.15, 0.2) is 0 Å². The molecule has 0 aromatic heterocycles. The van der Waals surface area contributed by atoms with Crippen molar-refractivity contribution in [2.24, 2.45) is 0 Å². The Hall–Kier alpha value is -2.63. The largest absolute Gasteiger partial charge is 0.463 e. The highest BCUT2D eigenvalue weighted by Gasteiger charge is 2.30. The maximum absolute atomic E-state index is 12.3. The van der Waals surface area contributed by atoms with Gasteiger partial charge in [0.1, 0.15) is 0 Å². The van der Waals surface area contributed by atoms with Crippen LogP contribution in [0.2, 0.25) is 0 Å². The lowest BCUT2D eigenvalue weighted by Crippen LogP contribution is -2.33.